The molecule has 0 bridgehead atoms. The fourth-order valence-corrected chi connectivity index (χ4v) is 4.51. The lowest BCUT2D eigenvalue weighted by Gasteiger charge is -2.38. The molecule has 0 aromatic heterocycles. The van der Waals surface area contributed by atoms with Gasteiger partial charge in [0.1, 0.15) is 11.5 Å². The maximum absolute atomic E-state index is 6.47. The van der Waals surface area contributed by atoms with Crippen LogP contribution in [0.25, 0.3) is 0 Å². The Labute approximate surface area is 200 Å². The fraction of sp³-hybridized carbons (Fsp3) is 0.321. The second-order valence-corrected chi connectivity index (χ2v) is 8.50. The molecule has 2 atom stereocenters. The number of hydrogen-bond donors (Lipinski definition) is 0. The van der Waals surface area contributed by atoms with Gasteiger partial charge in [-0.1, -0.05) is 31.5 Å². The number of hydrazone groups is 1. The highest BCUT2D eigenvalue weighted by molar-refractivity contribution is 6.02. The molecule has 0 spiro atoms. The second kappa shape index (κ2) is 9.67. The number of hydrogen-bond acceptors (Lipinski definition) is 6. The van der Waals surface area contributed by atoms with Crippen LogP contribution in [0.15, 0.2) is 71.8 Å². The van der Waals surface area contributed by atoms with Gasteiger partial charge in [0.2, 0.25) is 6.23 Å². The molecule has 0 aliphatic carbocycles. The molecule has 3 aromatic rings. The van der Waals surface area contributed by atoms with Gasteiger partial charge in [-0.15, -0.1) is 0 Å². The van der Waals surface area contributed by atoms with Crippen molar-refractivity contribution in [1.29, 1.82) is 0 Å². The summed E-state index contributed by atoms with van der Waals surface area (Å²) >= 11 is 0. The van der Waals surface area contributed by atoms with Crippen LogP contribution in [0.3, 0.4) is 0 Å². The Hall–Kier alpha value is -3.67. The first-order valence-electron chi connectivity index (χ1n) is 11.8. The number of methoxy groups -OCH3 is 2. The molecule has 176 valence electrons. The number of fused-ring (bicyclic) bond motifs is 3. The van der Waals surface area contributed by atoms with E-state index in [0.29, 0.717) is 11.5 Å². The van der Waals surface area contributed by atoms with E-state index in [4.69, 9.17) is 24.0 Å². The molecule has 6 heteroatoms. The zero-order valence-electron chi connectivity index (χ0n) is 19.9. The molecule has 0 saturated heterocycles. The monoisotopic (exact) mass is 458 g/mol. The predicted octanol–water partition coefficient (Wildman–Crippen LogP) is 6.13. The zero-order valence-corrected chi connectivity index (χ0v) is 19.9. The van der Waals surface area contributed by atoms with Crippen molar-refractivity contribution in [3.05, 3.63) is 83.4 Å². The average Bonchev–Trinajstić information content (AvgIpc) is 3.34. The Morgan fingerprint density at radius 1 is 0.971 bits per heavy atom. The Bertz CT molecular complexity index is 1180. The number of nitrogens with zero attached hydrogens (tertiary/aromatic N) is 2. The Morgan fingerprint density at radius 2 is 1.76 bits per heavy atom. The van der Waals surface area contributed by atoms with Crippen LogP contribution in [0.2, 0.25) is 0 Å². The van der Waals surface area contributed by atoms with E-state index < -0.39 is 0 Å². The van der Waals surface area contributed by atoms with E-state index in [1.54, 1.807) is 14.2 Å². The van der Waals surface area contributed by atoms with Crippen molar-refractivity contribution < 1.29 is 18.9 Å². The molecule has 2 aliphatic heterocycles. The predicted molar refractivity (Wildman–Crippen MR) is 132 cm³/mol. The van der Waals surface area contributed by atoms with E-state index in [9.17, 15) is 0 Å². The van der Waals surface area contributed by atoms with Gasteiger partial charge in [-0.3, -0.25) is 0 Å². The molecule has 0 unspecified atom stereocenters. The topological polar surface area (TPSA) is 52.5 Å². The van der Waals surface area contributed by atoms with Crippen LogP contribution >= 0.6 is 0 Å². The highest BCUT2D eigenvalue weighted by atomic mass is 16.5. The van der Waals surface area contributed by atoms with Crippen molar-refractivity contribution in [2.45, 2.75) is 38.5 Å². The molecule has 0 fully saturated rings. The quantitative estimate of drug-likeness (QED) is 0.380. The standard InChI is InChI=1S/C28H30N2O4/c1-4-5-16-33-21-13-10-19(11-14-21)28-30-24(22-8-6-7-9-25(22)34-28)18-23(29-30)20-12-15-26(31-2)27(17-20)32-3/h6-15,17,24,28H,4-5,16,18H2,1-3H3/t24-,28+/m1/s1. The minimum absolute atomic E-state index is 0.0959. The molecular formula is C28H30N2O4. The third-order valence-corrected chi connectivity index (χ3v) is 6.35. The lowest BCUT2D eigenvalue weighted by Crippen LogP contribution is -2.33. The summed E-state index contributed by atoms with van der Waals surface area (Å²) in [5.74, 6) is 3.18. The van der Waals surface area contributed by atoms with Gasteiger partial charge in [0, 0.05) is 23.1 Å². The van der Waals surface area contributed by atoms with Gasteiger partial charge >= 0.3 is 0 Å². The van der Waals surface area contributed by atoms with Crippen LogP contribution in [-0.2, 0) is 0 Å². The van der Waals surface area contributed by atoms with E-state index in [1.165, 1.54) is 0 Å². The first-order valence-corrected chi connectivity index (χ1v) is 11.8. The summed E-state index contributed by atoms with van der Waals surface area (Å²) in [6, 6.07) is 22.4. The van der Waals surface area contributed by atoms with Crippen LogP contribution in [0.4, 0.5) is 0 Å². The van der Waals surface area contributed by atoms with Crippen molar-refractivity contribution in [2.75, 3.05) is 20.8 Å². The number of benzene rings is 3. The third-order valence-electron chi connectivity index (χ3n) is 6.35. The molecule has 2 aliphatic rings. The first kappa shape index (κ1) is 22.1. The minimum atomic E-state index is -0.317. The summed E-state index contributed by atoms with van der Waals surface area (Å²) in [4.78, 5) is 0. The van der Waals surface area contributed by atoms with E-state index in [-0.39, 0.29) is 12.3 Å². The maximum Gasteiger partial charge on any atom is 0.213 e. The van der Waals surface area contributed by atoms with Gasteiger partial charge in [0.05, 0.1) is 32.6 Å². The van der Waals surface area contributed by atoms with Gasteiger partial charge in [0.15, 0.2) is 11.5 Å². The molecule has 2 heterocycles. The van der Waals surface area contributed by atoms with Crippen LogP contribution < -0.4 is 18.9 Å². The highest BCUT2D eigenvalue weighted by Crippen LogP contribution is 2.47. The third kappa shape index (κ3) is 4.16. The van der Waals surface area contributed by atoms with E-state index >= 15 is 0 Å². The van der Waals surface area contributed by atoms with Crippen LogP contribution in [-0.4, -0.2) is 31.5 Å². The summed E-state index contributed by atoms with van der Waals surface area (Å²) in [5.41, 5.74) is 4.20. The van der Waals surface area contributed by atoms with E-state index in [1.807, 2.05) is 42.5 Å². The second-order valence-electron chi connectivity index (χ2n) is 8.50. The SMILES string of the molecule is CCCCOc1ccc([C@@H]2Oc3ccccc3[C@H]3CC(c4ccc(OC)c(OC)c4)=NN32)cc1. The van der Waals surface area contributed by atoms with E-state index in [2.05, 4.69) is 36.2 Å². The number of unbranched alkanes of at least 4 members (excludes halogenated alkanes) is 1. The molecular weight excluding hydrogens is 428 g/mol. The lowest BCUT2D eigenvalue weighted by molar-refractivity contribution is -0.0190. The van der Waals surface area contributed by atoms with Crippen LogP contribution in [0, 0.1) is 0 Å². The normalized spacial score (nSPS) is 18.4. The summed E-state index contributed by atoms with van der Waals surface area (Å²) < 4.78 is 23.2. The summed E-state index contributed by atoms with van der Waals surface area (Å²) in [6.45, 7) is 2.89. The lowest BCUT2D eigenvalue weighted by atomic mass is 9.96. The van der Waals surface area contributed by atoms with Crippen LogP contribution in [0.1, 0.15) is 55.1 Å². The molecule has 0 N–H and O–H groups in total. The van der Waals surface area contributed by atoms with Gasteiger partial charge in [-0.25, -0.2) is 5.01 Å². The van der Waals surface area contributed by atoms with Gasteiger partial charge < -0.3 is 18.9 Å². The molecule has 0 radical (unpaired) electrons. The van der Waals surface area contributed by atoms with Gasteiger partial charge in [-0.2, -0.15) is 5.10 Å². The largest absolute Gasteiger partial charge is 0.494 e. The number of para-hydroxylation sites is 1. The van der Waals surface area contributed by atoms with Gasteiger partial charge in [-0.05, 0) is 55.0 Å². The Kier molecular flexibility index (Phi) is 6.30. The van der Waals surface area contributed by atoms with E-state index in [0.717, 1.165) is 59.8 Å². The summed E-state index contributed by atoms with van der Waals surface area (Å²) in [5, 5.41) is 7.13. The summed E-state index contributed by atoms with van der Waals surface area (Å²) in [7, 11) is 3.29. The maximum atomic E-state index is 6.47. The van der Waals surface area contributed by atoms with Crippen molar-refractivity contribution in [3.8, 4) is 23.0 Å². The average molecular weight is 459 g/mol. The smallest absolute Gasteiger partial charge is 0.213 e. The number of rotatable bonds is 8. The number of ether oxygens (including phenoxy) is 4. The molecule has 0 saturated carbocycles. The zero-order chi connectivity index (χ0) is 23.5. The van der Waals surface area contributed by atoms with Gasteiger partial charge in [0.25, 0.3) is 0 Å². The Balaban J connectivity index is 1.47. The summed E-state index contributed by atoms with van der Waals surface area (Å²) in [6.07, 6.45) is 2.63. The first-order chi connectivity index (χ1) is 16.7. The van der Waals surface area contributed by atoms with Crippen molar-refractivity contribution in [3.63, 3.8) is 0 Å². The molecule has 5 rings (SSSR count). The Morgan fingerprint density at radius 3 is 2.53 bits per heavy atom. The van der Waals surface area contributed by atoms with Crippen molar-refractivity contribution in [1.82, 2.24) is 5.01 Å². The highest BCUT2D eigenvalue weighted by Gasteiger charge is 2.40. The molecule has 0 amide bonds. The van der Waals surface area contributed by atoms with Crippen molar-refractivity contribution >= 4 is 5.71 Å². The van der Waals surface area contributed by atoms with Crippen molar-refractivity contribution in [2.24, 2.45) is 5.10 Å². The minimum Gasteiger partial charge on any atom is -0.494 e. The molecule has 34 heavy (non-hydrogen) atoms. The fourth-order valence-electron chi connectivity index (χ4n) is 4.51. The van der Waals surface area contributed by atoms with Crippen LogP contribution in [0.5, 0.6) is 23.0 Å². The molecule has 6 nitrogen and oxygen atoms in total. The molecule has 3 aromatic carbocycles.